The molecule has 0 heterocycles. The van der Waals surface area contributed by atoms with E-state index in [9.17, 15) is 4.79 Å². The van der Waals surface area contributed by atoms with Gasteiger partial charge >= 0.3 is 5.97 Å². The van der Waals surface area contributed by atoms with Crippen molar-refractivity contribution in [2.75, 3.05) is 5.32 Å². The lowest BCUT2D eigenvalue weighted by atomic mass is 10.1. The predicted octanol–water partition coefficient (Wildman–Crippen LogP) is 3.92. The quantitative estimate of drug-likeness (QED) is 0.865. The molecule has 0 aliphatic rings. The largest absolute Gasteiger partial charge is 0.491 e. The molecule has 2 rings (SSSR count). The summed E-state index contributed by atoms with van der Waals surface area (Å²) < 4.78 is 5.56. The van der Waals surface area contributed by atoms with Crippen LogP contribution in [0.4, 0.5) is 11.4 Å². The van der Waals surface area contributed by atoms with Gasteiger partial charge in [-0.25, -0.2) is 4.79 Å². The lowest BCUT2D eigenvalue weighted by molar-refractivity contribution is 0.0698. The Hall–Kier alpha value is -2.49. The topological polar surface area (TPSA) is 58.6 Å². The molecule has 2 N–H and O–H groups in total. The summed E-state index contributed by atoms with van der Waals surface area (Å²) in [7, 11) is 0. The number of nitrogens with one attached hydrogen (secondary N) is 1. The van der Waals surface area contributed by atoms with Gasteiger partial charge in [0.1, 0.15) is 5.75 Å². The molecule has 0 amide bonds. The fraction of sp³-hybridized carbons (Fsp3) is 0.188. The van der Waals surface area contributed by atoms with Crippen LogP contribution < -0.4 is 10.1 Å². The number of hydrogen-bond donors (Lipinski definition) is 2. The summed E-state index contributed by atoms with van der Waals surface area (Å²) in [6.45, 7) is 3.94. The maximum Gasteiger partial charge on any atom is 0.337 e. The van der Waals surface area contributed by atoms with Crippen molar-refractivity contribution in [3.63, 3.8) is 0 Å². The van der Waals surface area contributed by atoms with Crippen LogP contribution in [0.5, 0.6) is 5.75 Å². The standard InChI is InChI=1S/C16H17NO3/c1-11(2)20-13-9-7-12(8-10-13)17-15-6-4-3-5-14(15)16(18)19/h3-11,17H,1-2H3,(H,18,19). The number of anilines is 2. The van der Waals surface area contributed by atoms with Crippen molar-refractivity contribution in [1.29, 1.82) is 0 Å². The minimum atomic E-state index is -0.951. The van der Waals surface area contributed by atoms with Crippen molar-refractivity contribution in [2.24, 2.45) is 0 Å². The molecular formula is C16H17NO3. The van der Waals surface area contributed by atoms with E-state index in [2.05, 4.69) is 5.32 Å². The van der Waals surface area contributed by atoms with Crippen molar-refractivity contribution in [3.8, 4) is 5.75 Å². The summed E-state index contributed by atoms with van der Waals surface area (Å²) in [4.78, 5) is 11.1. The van der Waals surface area contributed by atoms with E-state index in [1.54, 1.807) is 24.3 Å². The van der Waals surface area contributed by atoms with Crippen molar-refractivity contribution >= 4 is 17.3 Å². The summed E-state index contributed by atoms with van der Waals surface area (Å²) in [6.07, 6.45) is 0.126. The zero-order valence-electron chi connectivity index (χ0n) is 11.5. The molecule has 0 unspecified atom stereocenters. The molecule has 0 aliphatic carbocycles. The summed E-state index contributed by atoms with van der Waals surface area (Å²) in [5, 5.41) is 12.2. The first-order valence-corrected chi connectivity index (χ1v) is 6.42. The van der Waals surface area contributed by atoms with Crippen LogP contribution in [0, 0.1) is 0 Å². The molecule has 0 aromatic heterocycles. The molecule has 0 aliphatic heterocycles. The number of carboxylic acids is 1. The second-order valence-electron chi connectivity index (χ2n) is 4.67. The molecule has 0 spiro atoms. The molecule has 0 fully saturated rings. The molecule has 20 heavy (non-hydrogen) atoms. The van der Waals surface area contributed by atoms with Gasteiger partial charge in [0.15, 0.2) is 0 Å². The minimum absolute atomic E-state index is 0.126. The molecular weight excluding hydrogens is 254 g/mol. The smallest absolute Gasteiger partial charge is 0.337 e. The number of carbonyl (C=O) groups is 1. The van der Waals surface area contributed by atoms with Crippen LogP contribution >= 0.6 is 0 Å². The Bertz CT molecular complexity index is 591. The molecule has 0 atom stereocenters. The number of carboxylic acid groups (broad SMARTS) is 1. The molecule has 0 bridgehead atoms. The summed E-state index contributed by atoms with van der Waals surface area (Å²) in [6, 6.07) is 14.2. The van der Waals surface area contributed by atoms with Gasteiger partial charge in [0.2, 0.25) is 0 Å². The number of aromatic carboxylic acids is 1. The van der Waals surface area contributed by atoms with Crippen molar-refractivity contribution in [2.45, 2.75) is 20.0 Å². The van der Waals surface area contributed by atoms with E-state index in [4.69, 9.17) is 9.84 Å². The lowest BCUT2D eigenvalue weighted by Crippen LogP contribution is -2.05. The molecule has 0 saturated heterocycles. The van der Waals surface area contributed by atoms with E-state index < -0.39 is 5.97 Å². The van der Waals surface area contributed by atoms with E-state index in [-0.39, 0.29) is 11.7 Å². The van der Waals surface area contributed by atoms with Gasteiger partial charge in [-0.15, -0.1) is 0 Å². The van der Waals surface area contributed by atoms with Crippen LogP contribution in [0.1, 0.15) is 24.2 Å². The van der Waals surface area contributed by atoms with Gasteiger partial charge in [-0.1, -0.05) is 12.1 Å². The van der Waals surface area contributed by atoms with E-state index in [1.807, 2.05) is 38.1 Å². The van der Waals surface area contributed by atoms with Crippen LogP contribution in [0.15, 0.2) is 48.5 Å². The highest BCUT2D eigenvalue weighted by Gasteiger charge is 2.08. The number of rotatable bonds is 5. The Morgan fingerprint density at radius 3 is 2.35 bits per heavy atom. The number of benzene rings is 2. The average molecular weight is 271 g/mol. The van der Waals surface area contributed by atoms with Crippen molar-refractivity contribution < 1.29 is 14.6 Å². The molecule has 0 saturated carbocycles. The van der Waals surface area contributed by atoms with Crippen molar-refractivity contribution in [3.05, 3.63) is 54.1 Å². The Kier molecular flexibility index (Phi) is 4.25. The average Bonchev–Trinajstić information content (AvgIpc) is 2.41. The second-order valence-corrected chi connectivity index (χ2v) is 4.67. The van der Waals surface area contributed by atoms with E-state index in [1.165, 1.54) is 0 Å². The highest BCUT2D eigenvalue weighted by molar-refractivity contribution is 5.95. The maximum atomic E-state index is 11.1. The maximum absolute atomic E-state index is 11.1. The fourth-order valence-electron chi connectivity index (χ4n) is 1.82. The SMILES string of the molecule is CC(C)Oc1ccc(Nc2ccccc2C(=O)O)cc1. The lowest BCUT2D eigenvalue weighted by Gasteiger charge is -2.12. The first kappa shape index (κ1) is 13.9. The van der Waals surface area contributed by atoms with Gasteiger partial charge < -0.3 is 15.2 Å². The number of para-hydroxylation sites is 1. The van der Waals surface area contributed by atoms with Crippen LogP contribution in [-0.4, -0.2) is 17.2 Å². The molecule has 4 heteroatoms. The van der Waals surface area contributed by atoms with E-state index >= 15 is 0 Å². The summed E-state index contributed by atoms with van der Waals surface area (Å²) >= 11 is 0. The van der Waals surface area contributed by atoms with Gasteiger partial charge in [0.25, 0.3) is 0 Å². The highest BCUT2D eigenvalue weighted by atomic mass is 16.5. The Morgan fingerprint density at radius 1 is 1.10 bits per heavy atom. The third kappa shape index (κ3) is 3.51. The van der Waals surface area contributed by atoms with Crippen LogP contribution in [0.3, 0.4) is 0 Å². The fourth-order valence-corrected chi connectivity index (χ4v) is 1.82. The van der Waals surface area contributed by atoms with Crippen LogP contribution in [0.2, 0.25) is 0 Å². The number of ether oxygens (including phenoxy) is 1. The monoisotopic (exact) mass is 271 g/mol. The molecule has 2 aromatic rings. The predicted molar refractivity (Wildman–Crippen MR) is 78.9 cm³/mol. The Morgan fingerprint density at radius 2 is 1.75 bits per heavy atom. The second kappa shape index (κ2) is 6.10. The minimum Gasteiger partial charge on any atom is -0.491 e. The third-order valence-corrected chi connectivity index (χ3v) is 2.66. The van der Waals surface area contributed by atoms with Gasteiger partial charge in [-0.05, 0) is 50.2 Å². The zero-order chi connectivity index (χ0) is 14.5. The van der Waals surface area contributed by atoms with Crippen molar-refractivity contribution in [1.82, 2.24) is 0 Å². The van der Waals surface area contributed by atoms with E-state index in [0.29, 0.717) is 5.69 Å². The molecule has 2 aromatic carbocycles. The molecule has 4 nitrogen and oxygen atoms in total. The van der Waals surface area contributed by atoms with Gasteiger partial charge in [0, 0.05) is 5.69 Å². The van der Waals surface area contributed by atoms with E-state index in [0.717, 1.165) is 11.4 Å². The third-order valence-electron chi connectivity index (χ3n) is 2.66. The normalized spacial score (nSPS) is 10.3. The van der Waals surface area contributed by atoms with Gasteiger partial charge in [-0.2, -0.15) is 0 Å². The highest BCUT2D eigenvalue weighted by Crippen LogP contribution is 2.23. The summed E-state index contributed by atoms with van der Waals surface area (Å²) in [5.41, 5.74) is 1.63. The van der Waals surface area contributed by atoms with Crippen LogP contribution in [0.25, 0.3) is 0 Å². The zero-order valence-corrected chi connectivity index (χ0v) is 11.5. The first-order chi connectivity index (χ1) is 9.56. The molecule has 104 valence electrons. The summed E-state index contributed by atoms with van der Waals surface area (Å²) in [5.74, 6) is -0.162. The van der Waals surface area contributed by atoms with Gasteiger partial charge in [-0.3, -0.25) is 0 Å². The number of hydrogen-bond acceptors (Lipinski definition) is 3. The van der Waals surface area contributed by atoms with Crippen LogP contribution in [-0.2, 0) is 0 Å². The van der Waals surface area contributed by atoms with Gasteiger partial charge in [0.05, 0.1) is 17.4 Å². The first-order valence-electron chi connectivity index (χ1n) is 6.42. The Balaban J connectivity index is 2.16. The molecule has 0 radical (unpaired) electrons. The Labute approximate surface area is 118 Å².